The quantitative estimate of drug-likeness (QED) is 0.555. The van der Waals surface area contributed by atoms with Crippen LogP contribution in [0.15, 0.2) is 94.7 Å². The minimum atomic E-state index is -4.38. The predicted molar refractivity (Wildman–Crippen MR) is 112 cm³/mol. The van der Waals surface area contributed by atoms with Gasteiger partial charge in [-0.3, -0.25) is 0 Å². The van der Waals surface area contributed by atoms with Crippen molar-refractivity contribution in [2.75, 3.05) is 0 Å². The van der Waals surface area contributed by atoms with Crippen molar-refractivity contribution in [2.45, 2.75) is 27.6 Å². The third-order valence-electron chi connectivity index (χ3n) is 4.95. The van der Waals surface area contributed by atoms with E-state index in [1.165, 1.54) is 24.3 Å². The Morgan fingerprint density at radius 2 is 1.14 bits per heavy atom. The van der Waals surface area contributed by atoms with Crippen molar-refractivity contribution < 1.29 is 16.8 Å². The molecule has 0 amide bonds. The van der Waals surface area contributed by atoms with Crippen LogP contribution in [0.1, 0.15) is 16.5 Å². The van der Waals surface area contributed by atoms with Crippen LogP contribution in [-0.2, 0) is 26.5 Å². The molecule has 0 bridgehead atoms. The summed E-state index contributed by atoms with van der Waals surface area (Å²) in [6, 6.07) is 21.4. The summed E-state index contributed by atoms with van der Waals surface area (Å²) >= 11 is 6.62. The van der Waals surface area contributed by atoms with Crippen molar-refractivity contribution >= 4 is 31.6 Å². The summed E-state index contributed by atoms with van der Waals surface area (Å²) in [5.41, 5.74) is 1.59. The first-order chi connectivity index (χ1) is 13.8. The maximum absolute atomic E-state index is 13.5. The van der Waals surface area contributed by atoms with E-state index in [0.717, 1.165) is 11.1 Å². The number of halogens is 1. The lowest BCUT2D eigenvalue weighted by Crippen LogP contribution is -2.45. The van der Waals surface area contributed by atoms with Gasteiger partial charge < -0.3 is 0 Å². The Bertz CT molecular complexity index is 1160. The minimum absolute atomic E-state index is 0.0978. The van der Waals surface area contributed by atoms with E-state index in [2.05, 4.69) is 0 Å². The van der Waals surface area contributed by atoms with Gasteiger partial charge in [0.25, 0.3) is 20.0 Å². The second kappa shape index (κ2) is 7.57. The molecule has 0 aliphatic heterocycles. The molecule has 0 heterocycles. The van der Waals surface area contributed by atoms with Crippen molar-refractivity contribution in [1.82, 2.24) is 3.71 Å². The lowest BCUT2D eigenvalue weighted by Gasteiger charge is -2.29. The number of hydrogen-bond acceptors (Lipinski definition) is 4. The predicted octanol–water partition coefficient (Wildman–Crippen LogP) is 3.97. The highest BCUT2D eigenvalue weighted by Crippen LogP contribution is 2.43. The molecule has 1 aliphatic carbocycles. The summed E-state index contributed by atoms with van der Waals surface area (Å²) in [6.07, 6.45) is 0.211. The number of benzene rings is 3. The van der Waals surface area contributed by atoms with Crippen LogP contribution in [0.3, 0.4) is 0 Å². The van der Waals surface area contributed by atoms with Gasteiger partial charge in [-0.25, -0.2) is 16.8 Å². The second-order valence-electron chi connectivity index (χ2n) is 6.73. The fraction of sp³-hybridized carbons (Fsp3) is 0.143. The molecule has 4 rings (SSSR count). The van der Waals surface area contributed by atoms with E-state index < -0.39 is 31.5 Å². The summed E-state index contributed by atoms with van der Waals surface area (Å²) in [4.78, 5) is -0.196. The van der Waals surface area contributed by atoms with Gasteiger partial charge in [-0.15, -0.1) is 11.6 Å². The Hall–Kier alpha value is -2.19. The monoisotopic (exact) mass is 447 g/mol. The molecule has 0 fully saturated rings. The fourth-order valence-corrected chi connectivity index (χ4v) is 8.21. The summed E-state index contributed by atoms with van der Waals surface area (Å²) in [7, 11) is -8.76. The van der Waals surface area contributed by atoms with Gasteiger partial charge in [0, 0.05) is 0 Å². The molecule has 8 heteroatoms. The van der Waals surface area contributed by atoms with Gasteiger partial charge in [-0.05, 0) is 41.8 Å². The molecule has 3 aromatic rings. The van der Waals surface area contributed by atoms with E-state index in [0.29, 0.717) is 3.71 Å². The van der Waals surface area contributed by atoms with Crippen LogP contribution in [-0.4, -0.2) is 26.6 Å². The van der Waals surface area contributed by atoms with E-state index in [1.54, 1.807) is 48.5 Å². The molecule has 1 aliphatic rings. The van der Waals surface area contributed by atoms with Crippen LogP contribution < -0.4 is 0 Å². The third kappa shape index (κ3) is 3.48. The van der Waals surface area contributed by atoms with Gasteiger partial charge in [-0.1, -0.05) is 64.4 Å². The Morgan fingerprint density at radius 1 is 0.690 bits per heavy atom. The molecular weight excluding hydrogens is 430 g/mol. The number of sulfonamides is 2. The van der Waals surface area contributed by atoms with Crippen molar-refractivity contribution in [2.24, 2.45) is 0 Å². The summed E-state index contributed by atoms with van der Waals surface area (Å²) < 4.78 is 54.7. The summed E-state index contributed by atoms with van der Waals surface area (Å²) in [5.74, 6) is 0. The lowest BCUT2D eigenvalue weighted by atomic mass is 10.1. The van der Waals surface area contributed by atoms with Crippen LogP contribution in [0, 0.1) is 0 Å². The SMILES string of the molecule is O=S(=O)(c1ccccc1)N([C@H]1Cc2ccccc2[C@H]1Cl)S(=O)(=O)c1ccccc1. The molecule has 2 atom stereocenters. The number of alkyl halides is 1. The smallest absolute Gasteiger partial charge is 0.206 e. The molecular formula is C21H18ClNO4S2. The molecule has 0 saturated heterocycles. The standard InChI is InChI=1S/C21H18ClNO4S2/c22-21-19-14-8-7-9-16(19)15-20(21)23(28(24,25)17-10-3-1-4-11-17)29(26,27)18-12-5-2-6-13-18/h1-14,20-21H,15H2/t20-,21+/m0/s1. The van der Waals surface area contributed by atoms with Crippen molar-refractivity contribution in [3.63, 3.8) is 0 Å². The molecule has 29 heavy (non-hydrogen) atoms. The topological polar surface area (TPSA) is 71.5 Å². The van der Waals surface area contributed by atoms with Gasteiger partial charge in [0.1, 0.15) is 0 Å². The second-order valence-corrected chi connectivity index (χ2v) is 11.1. The zero-order valence-corrected chi connectivity index (χ0v) is 17.6. The number of nitrogens with zero attached hydrogens (tertiary/aromatic N) is 1. The molecule has 3 aromatic carbocycles. The molecule has 5 nitrogen and oxygen atoms in total. The lowest BCUT2D eigenvalue weighted by molar-refractivity contribution is 0.423. The normalized spacial score (nSPS) is 19.2. The van der Waals surface area contributed by atoms with Crippen LogP contribution in [0.5, 0.6) is 0 Å². The van der Waals surface area contributed by atoms with Crippen molar-refractivity contribution in [3.8, 4) is 0 Å². The highest BCUT2D eigenvalue weighted by molar-refractivity contribution is 8.04. The Morgan fingerprint density at radius 3 is 1.62 bits per heavy atom. The van der Waals surface area contributed by atoms with Gasteiger partial charge >= 0.3 is 0 Å². The number of fused-ring (bicyclic) bond motifs is 1. The summed E-state index contributed by atoms with van der Waals surface area (Å²) in [5, 5.41) is -0.789. The molecule has 0 aromatic heterocycles. The Balaban J connectivity index is 1.90. The average Bonchev–Trinajstić information content (AvgIpc) is 3.05. The average molecular weight is 448 g/mol. The first-order valence-corrected chi connectivity index (χ1v) is 12.3. The molecule has 0 spiro atoms. The number of rotatable bonds is 5. The fourth-order valence-electron chi connectivity index (χ4n) is 3.58. The van der Waals surface area contributed by atoms with Gasteiger partial charge in [-0.2, -0.15) is 0 Å². The highest BCUT2D eigenvalue weighted by atomic mass is 35.5. The minimum Gasteiger partial charge on any atom is -0.206 e. The van der Waals surface area contributed by atoms with Crippen LogP contribution in [0.2, 0.25) is 0 Å². The Labute approximate surface area is 175 Å². The molecule has 0 radical (unpaired) electrons. The maximum atomic E-state index is 13.5. The molecule has 0 unspecified atom stereocenters. The van der Waals surface area contributed by atoms with E-state index >= 15 is 0 Å². The van der Waals surface area contributed by atoms with E-state index in [4.69, 9.17) is 11.6 Å². The molecule has 0 saturated carbocycles. The zero-order valence-electron chi connectivity index (χ0n) is 15.2. The van der Waals surface area contributed by atoms with Crippen LogP contribution in [0.4, 0.5) is 0 Å². The summed E-state index contributed by atoms with van der Waals surface area (Å²) in [6.45, 7) is 0. The first-order valence-electron chi connectivity index (χ1n) is 8.95. The van der Waals surface area contributed by atoms with E-state index in [9.17, 15) is 16.8 Å². The molecule has 150 valence electrons. The zero-order chi connectivity index (χ0) is 20.6. The van der Waals surface area contributed by atoms with Crippen molar-refractivity contribution in [3.05, 3.63) is 96.1 Å². The molecule has 0 N–H and O–H groups in total. The maximum Gasteiger partial charge on any atom is 0.256 e. The first kappa shape index (κ1) is 20.1. The number of hydrogen-bond donors (Lipinski definition) is 0. The van der Waals surface area contributed by atoms with E-state index in [1.807, 2.05) is 12.1 Å². The van der Waals surface area contributed by atoms with Gasteiger partial charge in [0.15, 0.2) is 0 Å². The highest BCUT2D eigenvalue weighted by Gasteiger charge is 2.48. The van der Waals surface area contributed by atoms with Crippen LogP contribution in [0.25, 0.3) is 0 Å². The van der Waals surface area contributed by atoms with Gasteiger partial charge in [0.2, 0.25) is 0 Å². The van der Waals surface area contributed by atoms with E-state index in [-0.39, 0.29) is 16.2 Å². The van der Waals surface area contributed by atoms with Gasteiger partial charge in [0.05, 0.1) is 21.2 Å². The third-order valence-corrected chi connectivity index (χ3v) is 9.87. The largest absolute Gasteiger partial charge is 0.256 e. The van der Waals surface area contributed by atoms with Crippen LogP contribution >= 0.6 is 11.6 Å². The Kier molecular flexibility index (Phi) is 5.25. The van der Waals surface area contributed by atoms with Crippen molar-refractivity contribution in [1.29, 1.82) is 0 Å².